The number of likely N-dealkylation sites (N-methyl/N-ethyl adjacent to an activating group) is 1. The molecule has 2 aliphatic rings. The van der Waals surface area contributed by atoms with Gasteiger partial charge in [0.1, 0.15) is 12.3 Å². The minimum atomic E-state index is -3.71. The molecule has 2 heterocycles. The zero-order valence-electron chi connectivity index (χ0n) is 19.5. The van der Waals surface area contributed by atoms with Gasteiger partial charge in [-0.1, -0.05) is 43.2 Å². The Morgan fingerprint density at radius 2 is 1.74 bits per heavy atom. The lowest BCUT2D eigenvalue weighted by atomic mass is 10.2. The van der Waals surface area contributed by atoms with Crippen LogP contribution in [0.3, 0.4) is 0 Å². The van der Waals surface area contributed by atoms with Gasteiger partial charge in [0.25, 0.3) is 5.91 Å². The van der Waals surface area contributed by atoms with Crippen molar-refractivity contribution in [2.24, 2.45) is 0 Å². The molecule has 2 aromatic carbocycles. The number of nitrogens with zero attached hydrogens (tertiary/aromatic N) is 3. The molecule has 0 spiro atoms. The SMILES string of the molecule is CCN(Cc1ccccc1)C(=O)CN1C(=O)COc2ccc(S(=O)(=O)N3CCCCCC3)cc21. The summed E-state index contributed by atoms with van der Waals surface area (Å²) in [4.78, 5) is 29.0. The van der Waals surface area contributed by atoms with Crippen LogP contribution in [-0.2, 0) is 26.2 Å². The molecule has 0 bridgehead atoms. The minimum absolute atomic E-state index is 0.112. The summed E-state index contributed by atoms with van der Waals surface area (Å²) in [5.41, 5.74) is 1.31. The number of carbonyl (C=O) groups is 2. The van der Waals surface area contributed by atoms with Crippen LogP contribution in [0.2, 0.25) is 0 Å². The predicted octanol–water partition coefficient (Wildman–Crippen LogP) is 3.03. The highest BCUT2D eigenvalue weighted by atomic mass is 32.2. The Morgan fingerprint density at radius 1 is 1.03 bits per heavy atom. The lowest BCUT2D eigenvalue weighted by Crippen LogP contribution is -2.46. The van der Waals surface area contributed by atoms with Crippen LogP contribution in [0.5, 0.6) is 5.75 Å². The van der Waals surface area contributed by atoms with Crippen molar-refractivity contribution in [1.29, 1.82) is 0 Å². The molecule has 2 aliphatic heterocycles. The van der Waals surface area contributed by atoms with Crippen LogP contribution in [0, 0.1) is 0 Å². The highest BCUT2D eigenvalue weighted by Crippen LogP contribution is 2.35. The largest absolute Gasteiger partial charge is 0.482 e. The van der Waals surface area contributed by atoms with E-state index in [9.17, 15) is 18.0 Å². The Balaban J connectivity index is 1.58. The Labute approximate surface area is 201 Å². The lowest BCUT2D eigenvalue weighted by Gasteiger charge is -2.31. The van der Waals surface area contributed by atoms with Crippen molar-refractivity contribution in [3.8, 4) is 5.75 Å². The quantitative estimate of drug-likeness (QED) is 0.602. The maximum atomic E-state index is 13.3. The molecule has 4 rings (SSSR count). The normalized spacial score (nSPS) is 17.0. The van der Waals surface area contributed by atoms with E-state index in [2.05, 4.69) is 0 Å². The first-order valence-electron chi connectivity index (χ1n) is 11.8. The number of fused-ring (bicyclic) bond motifs is 1. The minimum Gasteiger partial charge on any atom is -0.482 e. The van der Waals surface area contributed by atoms with Gasteiger partial charge in [-0.05, 0) is 43.5 Å². The molecular weight excluding hydrogens is 454 g/mol. The van der Waals surface area contributed by atoms with E-state index in [-0.39, 0.29) is 29.9 Å². The van der Waals surface area contributed by atoms with Gasteiger partial charge in [0, 0.05) is 26.2 Å². The number of anilines is 1. The van der Waals surface area contributed by atoms with Gasteiger partial charge in [-0.15, -0.1) is 0 Å². The van der Waals surface area contributed by atoms with E-state index < -0.39 is 10.0 Å². The van der Waals surface area contributed by atoms with E-state index in [1.165, 1.54) is 21.3 Å². The average Bonchev–Trinajstić information content (AvgIpc) is 3.15. The second-order valence-electron chi connectivity index (χ2n) is 8.61. The molecule has 2 amide bonds. The number of benzene rings is 2. The smallest absolute Gasteiger partial charge is 0.265 e. The summed E-state index contributed by atoms with van der Waals surface area (Å²) in [6.07, 6.45) is 3.71. The van der Waals surface area contributed by atoms with Crippen LogP contribution in [0.1, 0.15) is 38.2 Å². The van der Waals surface area contributed by atoms with E-state index in [4.69, 9.17) is 4.74 Å². The number of amides is 2. The topological polar surface area (TPSA) is 87.2 Å². The second kappa shape index (κ2) is 10.6. The van der Waals surface area contributed by atoms with E-state index in [1.54, 1.807) is 11.0 Å². The van der Waals surface area contributed by atoms with E-state index in [0.29, 0.717) is 37.6 Å². The highest BCUT2D eigenvalue weighted by molar-refractivity contribution is 7.89. The standard InChI is InChI=1S/C25H31N3O5S/c1-2-26(17-20-10-6-5-7-11-20)24(29)18-28-22-16-21(12-13-23(22)33-19-25(28)30)34(31,32)27-14-8-3-4-9-15-27/h5-7,10-13,16H,2-4,8-9,14-15,17-19H2,1H3. The Kier molecular flexibility index (Phi) is 7.53. The molecule has 2 aromatic rings. The third-order valence-corrected chi connectivity index (χ3v) is 8.21. The van der Waals surface area contributed by atoms with Crippen molar-refractivity contribution in [1.82, 2.24) is 9.21 Å². The van der Waals surface area contributed by atoms with Gasteiger partial charge in [-0.3, -0.25) is 14.5 Å². The molecule has 0 atom stereocenters. The predicted molar refractivity (Wildman–Crippen MR) is 129 cm³/mol. The summed E-state index contributed by atoms with van der Waals surface area (Å²) >= 11 is 0. The molecule has 0 saturated carbocycles. The zero-order chi connectivity index (χ0) is 24.1. The number of hydrogen-bond acceptors (Lipinski definition) is 5. The Morgan fingerprint density at radius 3 is 2.41 bits per heavy atom. The summed E-state index contributed by atoms with van der Waals surface area (Å²) in [6, 6.07) is 14.2. The van der Waals surface area contributed by atoms with Crippen molar-refractivity contribution in [2.45, 2.75) is 44.0 Å². The monoisotopic (exact) mass is 485 g/mol. The van der Waals surface area contributed by atoms with Crippen molar-refractivity contribution in [3.63, 3.8) is 0 Å². The zero-order valence-corrected chi connectivity index (χ0v) is 20.3. The van der Waals surface area contributed by atoms with E-state index in [0.717, 1.165) is 31.2 Å². The number of rotatable bonds is 7. The van der Waals surface area contributed by atoms with Gasteiger partial charge in [0.2, 0.25) is 15.9 Å². The molecule has 1 fully saturated rings. The molecule has 182 valence electrons. The molecule has 0 radical (unpaired) electrons. The third kappa shape index (κ3) is 5.26. The summed E-state index contributed by atoms with van der Waals surface area (Å²) in [5, 5.41) is 0. The highest BCUT2D eigenvalue weighted by Gasteiger charge is 2.32. The molecule has 8 nitrogen and oxygen atoms in total. The molecular formula is C25H31N3O5S. The average molecular weight is 486 g/mol. The van der Waals surface area contributed by atoms with Gasteiger partial charge in [-0.25, -0.2) is 8.42 Å². The first kappa shape index (κ1) is 24.2. The lowest BCUT2D eigenvalue weighted by molar-refractivity contribution is -0.132. The van der Waals surface area contributed by atoms with E-state index >= 15 is 0 Å². The van der Waals surface area contributed by atoms with Crippen LogP contribution in [0.4, 0.5) is 5.69 Å². The summed E-state index contributed by atoms with van der Waals surface area (Å²) in [6.45, 7) is 3.42. The number of carbonyl (C=O) groups excluding carboxylic acids is 2. The van der Waals surface area contributed by atoms with Crippen molar-refractivity contribution >= 4 is 27.5 Å². The van der Waals surface area contributed by atoms with Gasteiger partial charge in [0.15, 0.2) is 6.61 Å². The fraction of sp³-hybridized carbons (Fsp3) is 0.440. The van der Waals surface area contributed by atoms with Gasteiger partial charge >= 0.3 is 0 Å². The number of hydrogen-bond donors (Lipinski definition) is 0. The maximum Gasteiger partial charge on any atom is 0.265 e. The fourth-order valence-corrected chi connectivity index (χ4v) is 5.90. The van der Waals surface area contributed by atoms with Crippen LogP contribution < -0.4 is 9.64 Å². The van der Waals surface area contributed by atoms with Crippen LogP contribution in [0.25, 0.3) is 0 Å². The molecule has 0 aromatic heterocycles. The van der Waals surface area contributed by atoms with Crippen molar-refractivity contribution in [3.05, 3.63) is 54.1 Å². The van der Waals surface area contributed by atoms with Crippen LogP contribution in [0.15, 0.2) is 53.4 Å². The van der Waals surface area contributed by atoms with Crippen molar-refractivity contribution < 1.29 is 22.7 Å². The number of ether oxygens (including phenoxy) is 1. The fourth-order valence-electron chi connectivity index (χ4n) is 4.36. The van der Waals surface area contributed by atoms with Gasteiger partial charge in [0.05, 0.1) is 10.6 Å². The van der Waals surface area contributed by atoms with Gasteiger partial charge in [-0.2, -0.15) is 4.31 Å². The molecule has 0 unspecified atom stereocenters. The Bertz CT molecular complexity index is 1130. The van der Waals surface area contributed by atoms with Crippen LogP contribution in [-0.4, -0.2) is 62.2 Å². The summed E-state index contributed by atoms with van der Waals surface area (Å²) in [7, 11) is -3.71. The first-order valence-corrected chi connectivity index (χ1v) is 13.2. The molecule has 0 N–H and O–H groups in total. The second-order valence-corrected chi connectivity index (χ2v) is 10.5. The van der Waals surface area contributed by atoms with Crippen LogP contribution >= 0.6 is 0 Å². The third-order valence-electron chi connectivity index (χ3n) is 6.32. The van der Waals surface area contributed by atoms with Crippen molar-refractivity contribution in [2.75, 3.05) is 37.7 Å². The maximum absolute atomic E-state index is 13.3. The molecule has 0 aliphatic carbocycles. The number of sulfonamides is 1. The summed E-state index contributed by atoms with van der Waals surface area (Å²) < 4.78 is 33.7. The Hall–Kier alpha value is -2.91. The molecule has 1 saturated heterocycles. The van der Waals surface area contributed by atoms with Gasteiger partial charge < -0.3 is 9.64 Å². The van der Waals surface area contributed by atoms with E-state index in [1.807, 2.05) is 37.3 Å². The first-order chi connectivity index (χ1) is 16.4. The molecule has 9 heteroatoms. The molecule has 34 heavy (non-hydrogen) atoms. The summed E-state index contributed by atoms with van der Waals surface area (Å²) in [5.74, 6) is -0.192.